The van der Waals surface area contributed by atoms with E-state index in [0.29, 0.717) is 10.9 Å². The molecule has 0 aliphatic heterocycles. The number of aromatic amines is 1. The fourth-order valence-corrected chi connectivity index (χ4v) is 1.85. The molecule has 2 aromatic rings. The Bertz CT molecular complexity index is 432. The second-order valence-corrected chi connectivity index (χ2v) is 4.11. The number of aryl methyl sites for hydroxylation is 1. The second kappa shape index (κ2) is 3.85. The van der Waals surface area contributed by atoms with Crippen molar-refractivity contribution >= 4 is 34.5 Å². The molecule has 0 saturated heterocycles. The van der Waals surface area contributed by atoms with Gasteiger partial charge in [0.15, 0.2) is 0 Å². The van der Waals surface area contributed by atoms with E-state index in [1.54, 1.807) is 23.7 Å². The lowest BCUT2D eigenvalue weighted by Crippen LogP contribution is -2.11. The molecule has 0 aliphatic carbocycles. The van der Waals surface area contributed by atoms with Crippen LogP contribution in [0.4, 0.5) is 5.95 Å². The fourth-order valence-electron chi connectivity index (χ4n) is 0.973. The standard InChI is InChI=1S/C8H8N4S2/c1-5-11-6(4-14-5)7(13)12-8-9-2-3-10-8/h2-4H,1H3,(H2,9,10,12,13). The van der Waals surface area contributed by atoms with Crippen LogP contribution in [-0.4, -0.2) is 19.9 Å². The van der Waals surface area contributed by atoms with Gasteiger partial charge in [0.2, 0.25) is 5.95 Å². The third-order valence-electron chi connectivity index (χ3n) is 1.58. The van der Waals surface area contributed by atoms with E-state index in [-0.39, 0.29) is 0 Å². The molecule has 0 bridgehead atoms. The van der Waals surface area contributed by atoms with Crippen molar-refractivity contribution in [3.63, 3.8) is 0 Å². The lowest BCUT2D eigenvalue weighted by atomic mass is 10.5. The number of nitrogens with one attached hydrogen (secondary N) is 2. The summed E-state index contributed by atoms with van der Waals surface area (Å²) in [6.07, 6.45) is 3.40. The van der Waals surface area contributed by atoms with Crippen molar-refractivity contribution in [3.05, 3.63) is 28.5 Å². The minimum atomic E-state index is 0.587. The summed E-state index contributed by atoms with van der Waals surface area (Å²) in [5.74, 6) is 0.639. The Morgan fingerprint density at radius 3 is 3.07 bits per heavy atom. The van der Waals surface area contributed by atoms with Gasteiger partial charge in [-0.3, -0.25) is 0 Å². The molecule has 2 heterocycles. The quantitative estimate of drug-likeness (QED) is 0.766. The van der Waals surface area contributed by atoms with E-state index >= 15 is 0 Å². The molecular weight excluding hydrogens is 216 g/mol. The highest BCUT2D eigenvalue weighted by atomic mass is 32.1. The Morgan fingerprint density at radius 2 is 2.50 bits per heavy atom. The minimum Gasteiger partial charge on any atom is -0.331 e. The summed E-state index contributed by atoms with van der Waals surface area (Å²) in [5, 5.41) is 5.89. The van der Waals surface area contributed by atoms with Gasteiger partial charge in [0.25, 0.3) is 0 Å². The first-order valence-electron chi connectivity index (χ1n) is 3.98. The van der Waals surface area contributed by atoms with Gasteiger partial charge in [-0.2, -0.15) is 0 Å². The lowest BCUT2D eigenvalue weighted by Gasteiger charge is -2.00. The van der Waals surface area contributed by atoms with Gasteiger partial charge in [0, 0.05) is 17.8 Å². The zero-order valence-electron chi connectivity index (χ0n) is 7.44. The molecule has 14 heavy (non-hydrogen) atoms. The van der Waals surface area contributed by atoms with E-state index in [1.165, 1.54) is 0 Å². The highest BCUT2D eigenvalue weighted by Crippen LogP contribution is 2.10. The Morgan fingerprint density at radius 1 is 1.64 bits per heavy atom. The maximum atomic E-state index is 5.15. The van der Waals surface area contributed by atoms with E-state index in [2.05, 4.69) is 20.3 Å². The molecule has 0 aliphatic rings. The molecule has 0 atom stereocenters. The van der Waals surface area contributed by atoms with Crippen LogP contribution in [0.5, 0.6) is 0 Å². The van der Waals surface area contributed by atoms with Gasteiger partial charge in [-0.05, 0) is 6.92 Å². The number of thiocarbonyl (C=S) groups is 1. The van der Waals surface area contributed by atoms with Gasteiger partial charge < -0.3 is 10.3 Å². The second-order valence-electron chi connectivity index (χ2n) is 2.64. The molecule has 2 N–H and O–H groups in total. The first-order valence-corrected chi connectivity index (χ1v) is 5.27. The average molecular weight is 224 g/mol. The Balaban J connectivity index is 2.10. The fraction of sp³-hybridized carbons (Fsp3) is 0.125. The topological polar surface area (TPSA) is 53.6 Å². The van der Waals surface area contributed by atoms with Crippen LogP contribution < -0.4 is 5.32 Å². The largest absolute Gasteiger partial charge is 0.331 e. The number of aromatic nitrogens is 3. The van der Waals surface area contributed by atoms with E-state index in [1.807, 2.05) is 12.3 Å². The van der Waals surface area contributed by atoms with Crippen LogP contribution in [0, 0.1) is 6.92 Å². The lowest BCUT2D eigenvalue weighted by molar-refractivity contribution is 1.26. The molecule has 0 saturated carbocycles. The number of rotatable bonds is 2. The molecule has 72 valence electrons. The molecule has 4 nitrogen and oxygen atoms in total. The molecule has 0 unspecified atom stereocenters. The van der Waals surface area contributed by atoms with Crippen molar-refractivity contribution in [2.75, 3.05) is 5.32 Å². The van der Waals surface area contributed by atoms with Crippen molar-refractivity contribution in [1.82, 2.24) is 15.0 Å². The summed E-state index contributed by atoms with van der Waals surface area (Å²) in [6, 6.07) is 0. The zero-order chi connectivity index (χ0) is 9.97. The first-order chi connectivity index (χ1) is 6.75. The summed E-state index contributed by atoms with van der Waals surface area (Å²) in [5.41, 5.74) is 0.791. The number of hydrogen-bond donors (Lipinski definition) is 2. The number of anilines is 1. The van der Waals surface area contributed by atoms with Crippen LogP contribution in [-0.2, 0) is 0 Å². The highest BCUT2D eigenvalue weighted by Gasteiger charge is 2.05. The number of thiazole rings is 1. The Labute approximate surface area is 90.4 Å². The molecule has 0 aromatic carbocycles. The maximum Gasteiger partial charge on any atom is 0.205 e. The first kappa shape index (κ1) is 9.29. The summed E-state index contributed by atoms with van der Waals surface area (Å²) in [6.45, 7) is 1.95. The van der Waals surface area contributed by atoms with E-state index < -0.39 is 0 Å². The average Bonchev–Trinajstić information content (AvgIpc) is 2.75. The van der Waals surface area contributed by atoms with Gasteiger partial charge in [-0.25, -0.2) is 9.97 Å². The molecule has 2 aromatic heterocycles. The van der Waals surface area contributed by atoms with Crippen LogP contribution in [0.3, 0.4) is 0 Å². The smallest absolute Gasteiger partial charge is 0.205 e. The molecule has 6 heteroatoms. The SMILES string of the molecule is Cc1nc(C(=S)Nc2ncc[nH]2)cs1. The summed E-state index contributed by atoms with van der Waals surface area (Å²) in [4.78, 5) is 11.8. The Kier molecular flexibility index (Phi) is 2.55. The monoisotopic (exact) mass is 224 g/mol. The maximum absolute atomic E-state index is 5.15. The van der Waals surface area contributed by atoms with Crippen molar-refractivity contribution in [2.45, 2.75) is 6.92 Å². The number of imidazole rings is 1. The summed E-state index contributed by atoms with van der Waals surface area (Å²) in [7, 11) is 0. The molecular formula is C8H8N4S2. The highest BCUT2D eigenvalue weighted by molar-refractivity contribution is 7.81. The number of nitrogens with zero attached hydrogens (tertiary/aromatic N) is 2. The van der Waals surface area contributed by atoms with Gasteiger partial charge in [0.05, 0.1) is 5.01 Å². The predicted molar refractivity (Wildman–Crippen MR) is 60.8 cm³/mol. The molecule has 0 amide bonds. The number of hydrogen-bond acceptors (Lipinski definition) is 4. The molecule has 2 rings (SSSR count). The van der Waals surface area contributed by atoms with Gasteiger partial charge in [0.1, 0.15) is 10.7 Å². The van der Waals surface area contributed by atoms with Gasteiger partial charge >= 0.3 is 0 Å². The van der Waals surface area contributed by atoms with E-state index in [9.17, 15) is 0 Å². The van der Waals surface area contributed by atoms with Crippen molar-refractivity contribution in [1.29, 1.82) is 0 Å². The number of H-pyrrole nitrogens is 1. The normalized spacial score (nSPS) is 10.1. The third kappa shape index (κ3) is 1.97. The van der Waals surface area contributed by atoms with Crippen molar-refractivity contribution < 1.29 is 0 Å². The van der Waals surface area contributed by atoms with Crippen LogP contribution in [0.2, 0.25) is 0 Å². The van der Waals surface area contributed by atoms with Crippen molar-refractivity contribution in [3.8, 4) is 0 Å². The predicted octanol–water partition coefficient (Wildman–Crippen LogP) is 1.96. The molecule has 0 fully saturated rings. The zero-order valence-corrected chi connectivity index (χ0v) is 9.08. The minimum absolute atomic E-state index is 0.587. The van der Waals surface area contributed by atoms with Crippen LogP contribution >= 0.6 is 23.6 Å². The van der Waals surface area contributed by atoms with E-state index in [4.69, 9.17) is 12.2 Å². The third-order valence-corrected chi connectivity index (χ3v) is 2.67. The molecule has 0 spiro atoms. The Hall–Kier alpha value is -1.27. The van der Waals surface area contributed by atoms with Gasteiger partial charge in [-0.15, -0.1) is 11.3 Å². The summed E-state index contributed by atoms with van der Waals surface area (Å²) >= 11 is 6.73. The van der Waals surface area contributed by atoms with Crippen LogP contribution in [0.15, 0.2) is 17.8 Å². The van der Waals surface area contributed by atoms with Crippen molar-refractivity contribution in [2.24, 2.45) is 0 Å². The summed E-state index contributed by atoms with van der Waals surface area (Å²) < 4.78 is 0. The van der Waals surface area contributed by atoms with E-state index in [0.717, 1.165) is 10.7 Å². The van der Waals surface area contributed by atoms with Crippen LogP contribution in [0.1, 0.15) is 10.7 Å². The van der Waals surface area contributed by atoms with Gasteiger partial charge in [-0.1, -0.05) is 12.2 Å². The molecule has 0 radical (unpaired) electrons. The van der Waals surface area contributed by atoms with Crippen LogP contribution in [0.25, 0.3) is 0 Å².